The molecule has 0 amide bonds. The largest absolute Gasteiger partial charge is 0.462 e. The number of anilines is 1. The molecule has 5 atom stereocenters. The highest BCUT2D eigenvalue weighted by atomic mass is 31.2. The summed E-state index contributed by atoms with van der Waals surface area (Å²) in [5.41, 5.74) is 1.60. The van der Waals surface area contributed by atoms with Crippen LogP contribution in [-0.4, -0.2) is 52.5 Å². The molecule has 1 aliphatic rings. The van der Waals surface area contributed by atoms with E-state index in [1.165, 1.54) is 19.1 Å². The van der Waals surface area contributed by atoms with Gasteiger partial charge in [-0.3, -0.25) is 13.9 Å². The van der Waals surface area contributed by atoms with Crippen LogP contribution in [0.15, 0.2) is 59.5 Å². The van der Waals surface area contributed by atoms with Crippen LogP contribution in [0.25, 0.3) is 10.8 Å². The molecule has 11 nitrogen and oxygen atoms in total. The van der Waals surface area contributed by atoms with E-state index < -0.39 is 69.0 Å². The Labute approximate surface area is 233 Å². The van der Waals surface area contributed by atoms with Crippen LogP contribution in [0.4, 0.5) is 19.0 Å². The predicted octanol–water partition coefficient (Wildman–Crippen LogP) is 4.37. The number of hydrogen-bond donors (Lipinski definition) is 2. The van der Waals surface area contributed by atoms with E-state index >= 15 is 4.39 Å². The fourth-order valence-electron chi connectivity index (χ4n) is 4.25. The highest BCUT2D eigenvalue weighted by molar-refractivity contribution is 7.52. The quantitative estimate of drug-likeness (QED) is 0.241. The average molecular weight is 599 g/mol. The van der Waals surface area contributed by atoms with Crippen molar-refractivity contribution in [1.82, 2.24) is 14.6 Å². The standard InChI is InChI=1S/C26H30F3N4O7P/c1-15(2)38-23(34)16(3)32-41(36,40-19-10-6-8-17-7-4-5-9-18(17)19)37-14-26(24(28)29)20(27)13-22(39-26)33-12-11-21(30)31-25(33)35/h4-12,15-16,20,22,24H,13-14H2,1-3H3,(H,32,36)(H2,30,31,35)/t16-,20+,22+,26+,41?/m0/s1. The van der Waals surface area contributed by atoms with Crippen molar-refractivity contribution in [2.45, 2.75) is 63.8 Å². The molecule has 3 N–H and O–H groups in total. The number of nitrogens with zero attached hydrogens (tertiary/aromatic N) is 2. The molecule has 1 aromatic heterocycles. The molecule has 0 radical (unpaired) electrons. The molecule has 3 aromatic rings. The summed E-state index contributed by atoms with van der Waals surface area (Å²) >= 11 is 0. The summed E-state index contributed by atoms with van der Waals surface area (Å²) in [6.07, 6.45) is -7.33. The first-order chi connectivity index (χ1) is 19.3. The van der Waals surface area contributed by atoms with Crippen molar-refractivity contribution in [2.75, 3.05) is 12.3 Å². The van der Waals surface area contributed by atoms with Gasteiger partial charge in [0, 0.05) is 18.0 Å². The van der Waals surface area contributed by atoms with Crippen molar-refractivity contribution in [2.24, 2.45) is 0 Å². The molecule has 41 heavy (non-hydrogen) atoms. The monoisotopic (exact) mass is 598 g/mol. The molecule has 0 aliphatic carbocycles. The van der Waals surface area contributed by atoms with Crippen LogP contribution >= 0.6 is 7.75 Å². The molecule has 2 aromatic carbocycles. The first-order valence-electron chi connectivity index (χ1n) is 12.7. The van der Waals surface area contributed by atoms with Gasteiger partial charge >= 0.3 is 19.4 Å². The minimum Gasteiger partial charge on any atom is -0.462 e. The molecule has 0 spiro atoms. The fraction of sp³-hybridized carbons (Fsp3) is 0.423. The van der Waals surface area contributed by atoms with Crippen LogP contribution in [0.3, 0.4) is 0 Å². The number of ether oxygens (including phenoxy) is 2. The zero-order valence-corrected chi connectivity index (χ0v) is 23.3. The Kier molecular flexibility index (Phi) is 9.07. The molecule has 222 valence electrons. The zero-order chi connectivity index (χ0) is 29.9. The van der Waals surface area contributed by atoms with Crippen molar-refractivity contribution in [3.8, 4) is 5.75 Å². The summed E-state index contributed by atoms with van der Waals surface area (Å²) in [5, 5.41) is 3.62. The van der Waals surface area contributed by atoms with Gasteiger partial charge in [-0.05, 0) is 38.3 Å². The number of nitrogens with one attached hydrogen (secondary N) is 1. The Morgan fingerprint density at radius 3 is 2.61 bits per heavy atom. The van der Waals surface area contributed by atoms with Crippen LogP contribution < -0.4 is 21.0 Å². The van der Waals surface area contributed by atoms with Crippen LogP contribution in [-0.2, 0) is 23.4 Å². The van der Waals surface area contributed by atoms with Gasteiger partial charge in [-0.1, -0.05) is 36.4 Å². The van der Waals surface area contributed by atoms with Gasteiger partial charge in [-0.25, -0.2) is 22.5 Å². The Bertz CT molecular complexity index is 1500. The first-order valence-corrected chi connectivity index (χ1v) is 14.2. The lowest BCUT2D eigenvalue weighted by molar-refractivity contribution is -0.182. The van der Waals surface area contributed by atoms with E-state index in [0.717, 1.165) is 10.8 Å². The lowest BCUT2D eigenvalue weighted by Crippen LogP contribution is -2.49. The van der Waals surface area contributed by atoms with E-state index in [1.807, 2.05) is 0 Å². The summed E-state index contributed by atoms with van der Waals surface area (Å²) in [7, 11) is -4.70. The number of esters is 1. The van der Waals surface area contributed by atoms with Gasteiger partial charge in [0.05, 0.1) is 12.7 Å². The Hall–Kier alpha value is -3.45. The molecule has 0 bridgehead atoms. The second-order valence-electron chi connectivity index (χ2n) is 9.75. The lowest BCUT2D eigenvalue weighted by atomic mass is 10.00. The van der Waals surface area contributed by atoms with Gasteiger partial charge in [0.15, 0.2) is 5.60 Å². The summed E-state index contributed by atoms with van der Waals surface area (Å²) in [5.74, 6) is -0.882. The molecule has 0 saturated carbocycles. The van der Waals surface area contributed by atoms with E-state index in [4.69, 9.17) is 24.3 Å². The highest BCUT2D eigenvalue weighted by Gasteiger charge is 2.58. The third-order valence-corrected chi connectivity index (χ3v) is 7.92. The second kappa shape index (κ2) is 12.2. The van der Waals surface area contributed by atoms with Crippen molar-refractivity contribution in [3.05, 3.63) is 65.2 Å². The molecular weight excluding hydrogens is 568 g/mol. The number of carbonyl (C=O) groups is 1. The number of alkyl halides is 3. The number of aromatic nitrogens is 2. The summed E-state index contributed by atoms with van der Waals surface area (Å²) in [6, 6.07) is 11.7. The van der Waals surface area contributed by atoms with E-state index in [1.54, 1.807) is 50.2 Å². The third-order valence-electron chi connectivity index (χ3n) is 6.31. The molecule has 4 rings (SSSR count). The van der Waals surface area contributed by atoms with Gasteiger partial charge in [-0.2, -0.15) is 10.1 Å². The number of fused-ring (bicyclic) bond motifs is 1. The lowest BCUT2D eigenvalue weighted by Gasteiger charge is -2.32. The van der Waals surface area contributed by atoms with Crippen molar-refractivity contribution < 1.29 is 41.1 Å². The number of rotatable bonds is 11. The molecule has 1 aliphatic heterocycles. The Morgan fingerprint density at radius 1 is 1.22 bits per heavy atom. The average Bonchev–Trinajstić information content (AvgIpc) is 3.24. The normalized spacial score (nSPS) is 23.0. The zero-order valence-electron chi connectivity index (χ0n) is 22.4. The first kappa shape index (κ1) is 30.5. The molecule has 1 fully saturated rings. The number of halogens is 3. The number of benzene rings is 2. The van der Waals surface area contributed by atoms with E-state index in [0.29, 0.717) is 10.8 Å². The number of nitrogens with two attached hydrogens (primary N) is 1. The highest BCUT2D eigenvalue weighted by Crippen LogP contribution is 2.50. The van der Waals surface area contributed by atoms with Gasteiger partial charge in [0.2, 0.25) is 0 Å². The van der Waals surface area contributed by atoms with Crippen molar-refractivity contribution in [1.29, 1.82) is 0 Å². The molecule has 2 heterocycles. The molecular formula is C26H30F3N4O7P. The SMILES string of the molecule is CC(C)OC(=O)[C@H](C)NP(=O)(OC[C@@]1(C(F)F)O[C@@H](n2ccc(N)nc2=O)C[C@H]1F)Oc1cccc2ccccc12. The number of hydrogen-bond acceptors (Lipinski definition) is 9. The van der Waals surface area contributed by atoms with Crippen LogP contribution in [0.1, 0.15) is 33.4 Å². The van der Waals surface area contributed by atoms with E-state index in [2.05, 4.69) is 10.1 Å². The third kappa shape index (κ3) is 6.72. The number of nitrogen functional groups attached to an aromatic ring is 1. The summed E-state index contributed by atoms with van der Waals surface area (Å²) in [4.78, 5) is 28.2. The van der Waals surface area contributed by atoms with Crippen LogP contribution in [0, 0.1) is 0 Å². The maximum absolute atomic E-state index is 15.3. The van der Waals surface area contributed by atoms with Crippen molar-refractivity contribution in [3.63, 3.8) is 0 Å². The Morgan fingerprint density at radius 2 is 1.93 bits per heavy atom. The fourth-order valence-corrected chi connectivity index (χ4v) is 5.80. The minimum atomic E-state index is -4.70. The summed E-state index contributed by atoms with van der Waals surface area (Å²) < 4.78 is 80.7. The van der Waals surface area contributed by atoms with Crippen LogP contribution in [0.5, 0.6) is 5.75 Å². The summed E-state index contributed by atoms with van der Waals surface area (Å²) in [6.45, 7) is 3.27. The van der Waals surface area contributed by atoms with Gasteiger partial charge in [-0.15, -0.1) is 0 Å². The molecule has 15 heteroatoms. The maximum Gasteiger partial charge on any atom is 0.459 e. The smallest absolute Gasteiger partial charge is 0.459 e. The minimum absolute atomic E-state index is 0.0518. The van der Waals surface area contributed by atoms with Gasteiger partial charge in [0.1, 0.15) is 30.0 Å². The van der Waals surface area contributed by atoms with E-state index in [9.17, 15) is 22.9 Å². The maximum atomic E-state index is 15.3. The van der Waals surface area contributed by atoms with Gasteiger partial charge < -0.3 is 19.7 Å². The van der Waals surface area contributed by atoms with E-state index in [-0.39, 0.29) is 11.6 Å². The number of carbonyl (C=O) groups excluding carboxylic acids is 1. The predicted molar refractivity (Wildman–Crippen MR) is 143 cm³/mol. The molecule has 1 unspecified atom stereocenters. The van der Waals surface area contributed by atoms with Crippen molar-refractivity contribution >= 4 is 30.3 Å². The topological polar surface area (TPSA) is 144 Å². The van der Waals surface area contributed by atoms with Gasteiger partial charge in [0.25, 0.3) is 6.43 Å². The van der Waals surface area contributed by atoms with Crippen LogP contribution in [0.2, 0.25) is 0 Å². The second-order valence-corrected chi connectivity index (χ2v) is 11.4. The Balaban J connectivity index is 1.64. The molecule has 1 saturated heterocycles.